The van der Waals surface area contributed by atoms with Crippen molar-refractivity contribution in [1.29, 1.82) is 0 Å². The predicted octanol–water partition coefficient (Wildman–Crippen LogP) is 5.46. The largest absolute Gasteiger partial charge is 0.449 e. The average molecular weight is 419 g/mol. The highest BCUT2D eigenvalue weighted by atomic mass is 16.6. The van der Waals surface area contributed by atoms with Crippen molar-refractivity contribution in [3.8, 4) is 11.3 Å². The van der Waals surface area contributed by atoms with Gasteiger partial charge in [-0.15, -0.1) is 0 Å². The molecule has 0 spiro atoms. The fraction of sp³-hybridized carbons (Fsp3) is 0.240. The minimum atomic E-state index is -1.00. The number of para-hydroxylation sites is 1. The molecule has 1 aromatic heterocycles. The molecule has 0 aliphatic heterocycles. The fourth-order valence-electron chi connectivity index (χ4n) is 3.09. The van der Waals surface area contributed by atoms with Gasteiger partial charge in [0.25, 0.3) is 5.91 Å². The summed E-state index contributed by atoms with van der Waals surface area (Å²) >= 11 is 0. The molecular weight excluding hydrogens is 394 g/mol. The molecule has 1 heterocycles. The van der Waals surface area contributed by atoms with E-state index in [1.807, 2.05) is 38.1 Å². The number of hydrogen-bond donors (Lipinski definition) is 1. The number of benzene rings is 2. The number of carbonyl (C=O) groups excluding carboxylic acids is 3. The molecule has 0 bridgehead atoms. The summed E-state index contributed by atoms with van der Waals surface area (Å²) in [7, 11) is 0. The predicted molar refractivity (Wildman–Crippen MR) is 118 cm³/mol. The van der Waals surface area contributed by atoms with Crippen LogP contribution in [0.5, 0.6) is 0 Å². The Morgan fingerprint density at radius 2 is 1.58 bits per heavy atom. The monoisotopic (exact) mass is 419 g/mol. The topological polar surface area (TPSA) is 85.6 Å². The van der Waals surface area contributed by atoms with E-state index in [2.05, 4.69) is 5.32 Å². The number of esters is 1. The summed E-state index contributed by atoms with van der Waals surface area (Å²) in [6.45, 7) is 7.08. The molecule has 6 nitrogen and oxygen atoms in total. The number of hydrogen-bond acceptors (Lipinski definition) is 5. The third-order valence-corrected chi connectivity index (χ3v) is 4.88. The van der Waals surface area contributed by atoms with Crippen LogP contribution in [0.25, 0.3) is 11.3 Å². The van der Waals surface area contributed by atoms with Crippen LogP contribution in [-0.2, 0) is 9.53 Å². The van der Waals surface area contributed by atoms with Crippen molar-refractivity contribution >= 4 is 23.3 Å². The highest BCUT2D eigenvalue weighted by molar-refractivity contribution is 5.97. The van der Waals surface area contributed by atoms with Gasteiger partial charge in [-0.05, 0) is 43.5 Å². The first-order chi connectivity index (χ1) is 14.8. The van der Waals surface area contributed by atoms with Gasteiger partial charge in [-0.25, -0.2) is 4.79 Å². The molecule has 3 rings (SSSR count). The number of nitrogens with one attached hydrogen (secondary N) is 1. The Kier molecular flexibility index (Phi) is 6.70. The van der Waals surface area contributed by atoms with Crippen LogP contribution in [0.4, 0.5) is 5.69 Å². The van der Waals surface area contributed by atoms with Crippen molar-refractivity contribution in [2.45, 2.75) is 39.7 Å². The van der Waals surface area contributed by atoms with Crippen LogP contribution in [0, 0.1) is 0 Å². The van der Waals surface area contributed by atoms with E-state index in [-0.39, 0.29) is 17.5 Å². The lowest BCUT2D eigenvalue weighted by atomic mass is 10.0. The zero-order valence-corrected chi connectivity index (χ0v) is 18.0. The maximum atomic E-state index is 12.5. The zero-order valence-electron chi connectivity index (χ0n) is 18.0. The third kappa shape index (κ3) is 5.28. The van der Waals surface area contributed by atoms with E-state index >= 15 is 0 Å². The Morgan fingerprint density at radius 3 is 2.23 bits per heavy atom. The summed E-state index contributed by atoms with van der Waals surface area (Å²) in [4.78, 5) is 36.3. The van der Waals surface area contributed by atoms with Crippen LogP contribution in [0.1, 0.15) is 60.1 Å². The standard InChI is InChI=1S/C25H25NO5/c1-15(2)20-7-5-6-8-21(20)26-24(28)17(4)30-25(29)23-14-13-22(31-23)19-11-9-18(10-12-19)16(3)27/h5-15,17H,1-4H3,(H,26,28)/t17-/m0/s1. The number of ether oxygens (including phenoxy) is 1. The van der Waals surface area contributed by atoms with Crippen LogP contribution >= 0.6 is 0 Å². The minimum Gasteiger partial charge on any atom is -0.449 e. The molecule has 0 fully saturated rings. The van der Waals surface area contributed by atoms with Crippen LogP contribution in [0.2, 0.25) is 0 Å². The molecule has 31 heavy (non-hydrogen) atoms. The third-order valence-electron chi connectivity index (χ3n) is 4.88. The van der Waals surface area contributed by atoms with E-state index < -0.39 is 18.0 Å². The normalized spacial score (nSPS) is 11.8. The van der Waals surface area contributed by atoms with E-state index in [4.69, 9.17) is 9.15 Å². The van der Waals surface area contributed by atoms with Gasteiger partial charge in [0.05, 0.1) is 0 Å². The van der Waals surface area contributed by atoms with Crippen LogP contribution in [0.3, 0.4) is 0 Å². The molecular formula is C25H25NO5. The van der Waals surface area contributed by atoms with Crippen LogP contribution in [0.15, 0.2) is 65.1 Å². The molecule has 6 heteroatoms. The van der Waals surface area contributed by atoms with Gasteiger partial charge in [-0.2, -0.15) is 0 Å². The first kappa shape index (κ1) is 22.0. The highest BCUT2D eigenvalue weighted by Crippen LogP contribution is 2.25. The minimum absolute atomic E-state index is 0.00660. The fourth-order valence-corrected chi connectivity index (χ4v) is 3.09. The Bertz CT molecular complexity index is 1100. The van der Waals surface area contributed by atoms with Gasteiger partial charge in [-0.3, -0.25) is 9.59 Å². The second-order valence-electron chi connectivity index (χ2n) is 7.58. The Morgan fingerprint density at radius 1 is 0.903 bits per heavy atom. The molecule has 3 aromatic rings. The molecule has 0 radical (unpaired) electrons. The maximum absolute atomic E-state index is 12.5. The lowest BCUT2D eigenvalue weighted by molar-refractivity contribution is -0.123. The second-order valence-corrected chi connectivity index (χ2v) is 7.58. The molecule has 0 aliphatic rings. The first-order valence-corrected chi connectivity index (χ1v) is 10.1. The van der Waals surface area contributed by atoms with E-state index in [1.54, 1.807) is 30.3 Å². The average Bonchev–Trinajstić information content (AvgIpc) is 3.24. The summed E-state index contributed by atoms with van der Waals surface area (Å²) in [5.41, 5.74) is 3.01. The van der Waals surface area contributed by atoms with Crippen molar-refractivity contribution in [2.24, 2.45) is 0 Å². The van der Waals surface area contributed by atoms with Gasteiger partial charge in [0.1, 0.15) is 5.76 Å². The first-order valence-electron chi connectivity index (χ1n) is 10.1. The SMILES string of the molecule is CC(=O)c1ccc(-c2ccc(C(=O)O[C@@H](C)C(=O)Nc3ccccc3C(C)C)o2)cc1. The number of rotatable bonds is 7. The summed E-state index contributed by atoms with van der Waals surface area (Å²) in [6.07, 6.45) is -1.00. The van der Waals surface area contributed by atoms with Crippen molar-refractivity contribution in [3.05, 3.63) is 77.6 Å². The van der Waals surface area contributed by atoms with E-state index in [1.165, 1.54) is 19.9 Å². The summed E-state index contributed by atoms with van der Waals surface area (Å²) in [6, 6.07) is 17.5. The molecule has 0 aliphatic carbocycles. The Balaban J connectivity index is 1.65. The van der Waals surface area contributed by atoms with Crippen molar-refractivity contribution in [1.82, 2.24) is 0 Å². The van der Waals surface area contributed by atoms with Gasteiger partial charge >= 0.3 is 5.97 Å². The van der Waals surface area contributed by atoms with Crippen LogP contribution < -0.4 is 5.32 Å². The summed E-state index contributed by atoms with van der Waals surface area (Å²) in [5, 5.41) is 2.82. The van der Waals surface area contributed by atoms with Crippen LogP contribution in [-0.4, -0.2) is 23.8 Å². The van der Waals surface area contributed by atoms with Crippen molar-refractivity contribution < 1.29 is 23.5 Å². The maximum Gasteiger partial charge on any atom is 0.375 e. The lowest BCUT2D eigenvalue weighted by Crippen LogP contribution is -2.30. The number of Topliss-reactive ketones (excluding diaryl/α,β-unsaturated/α-hetero) is 1. The highest BCUT2D eigenvalue weighted by Gasteiger charge is 2.22. The zero-order chi connectivity index (χ0) is 22.5. The van der Waals surface area contributed by atoms with E-state index in [9.17, 15) is 14.4 Å². The van der Waals surface area contributed by atoms with Crippen molar-refractivity contribution in [2.75, 3.05) is 5.32 Å². The van der Waals surface area contributed by atoms with Gasteiger partial charge in [0.15, 0.2) is 11.9 Å². The molecule has 1 N–H and O–H groups in total. The lowest BCUT2D eigenvalue weighted by Gasteiger charge is -2.16. The Labute approximate surface area is 181 Å². The molecule has 1 atom stereocenters. The molecule has 0 saturated heterocycles. The summed E-state index contributed by atoms with van der Waals surface area (Å²) < 4.78 is 10.9. The van der Waals surface area contributed by atoms with Gasteiger partial charge in [0.2, 0.25) is 5.76 Å². The van der Waals surface area contributed by atoms with Gasteiger partial charge in [0, 0.05) is 16.8 Å². The number of amides is 1. The molecule has 1 amide bonds. The quantitative estimate of drug-likeness (QED) is 0.406. The molecule has 0 unspecified atom stereocenters. The summed E-state index contributed by atoms with van der Waals surface area (Å²) in [5.74, 6) is -0.490. The van der Waals surface area contributed by atoms with Gasteiger partial charge < -0.3 is 14.5 Å². The number of carbonyl (C=O) groups is 3. The Hall–Kier alpha value is -3.67. The van der Waals surface area contributed by atoms with E-state index in [0.29, 0.717) is 17.0 Å². The van der Waals surface area contributed by atoms with Crippen molar-refractivity contribution in [3.63, 3.8) is 0 Å². The molecule has 0 saturated carbocycles. The van der Waals surface area contributed by atoms with Gasteiger partial charge in [-0.1, -0.05) is 56.3 Å². The number of ketones is 1. The number of anilines is 1. The molecule has 160 valence electrons. The number of furan rings is 1. The van der Waals surface area contributed by atoms with E-state index in [0.717, 1.165) is 11.1 Å². The molecule has 2 aromatic carbocycles. The smallest absolute Gasteiger partial charge is 0.375 e. The second kappa shape index (κ2) is 9.43.